The van der Waals surface area contributed by atoms with Crippen molar-refractivity contribution in [2.45, 2.75) is 116 Å². The van der Waals surface area contributed by atoms with E-state index < -0.39 is 6.04 Å². The Morgan fingerprint density at radius 1 is 0.961 bits per heavy atom. The Hall–Kier alpha value is -4.80. The van der Waals surface area contributed by atoms with Gasteiger partial charge in [-0.25, -0.2) is 9.97 Å². The maximum Gasteiger partial charge on any atom is 0.245 e. The van der Waals surface area contributed by atoms with Gasteiger partial charge >= 0.3 is 0 Å². The topological polar surface area (TPSA) is 140 Å². The Morgan fingerprint density at radius 3 is 2.47 bits per heavy atom. The number of carbonyl (C=O) groups excluding carboxylic acids is 4. The summed E-state index contributed by atoms with van der Waals surface area (Å²) in [6.07, 6.45) is 11.9. The fourth-order valence-corrected chi connectivity index (χ4v) is 8.38. The number of piperidine rings is 1. The minimum Gasteiger partial charge on any atom is -0.355 e. The number of nitrogens with zero attached hydrogens (tertiary/aromatic N) is 6. The lowest BCUT2D eigenvalue weighted by Crippen LogP contribution is -2.45. The van der Waals surface area contributed by atoms with Crippen molar-refractivity contribution in [2.24, 2.45) is 5.41 Å². The number of hydrogen-bond acceptors (Lipinski definition) is 8. The molecule has 51 heavy (non-hydrogen) atoms. The summed E-state index contributed by atoms with van der Waals surface area (Å²) in [6.45, 7) is 5.68. The smallest absolute Gasteiger partial charge is 0.245 e. The van der Waals surface area contributed by atoms with Gasteiger partial charge in [0.25, 0.3) is 0 Å². The van der Waals surface area contributed by atoms with Gasteiger partial charge in [-0.15, -0.1) is 0 Å². The monoisotopic (exact) mass is 687 g/mol. The van der Waals surface area contributed by atoms with E-state index >= 15 is 0 Å². The minimum absolute atomic E-state index is 0.0235. The molecule has 4 aliphatic rings. The van der Waals surface area contributed by atoms with Crippen LogP contribution in [0.25, 0.3) is 22.0 Å². The van der Waals surface area contributed by atoms with Crippen molar-refractivity contribution in [3.8, 4) is 11.1 Å². The third-order valence-electron chi connectivity index (χ3n) is 11.5. The normalized spacial score (nSPS) is 23.9. The highest BCUT2D eigenvalue weighted by atomic mass is 16.2. The summed E-state index contributed by atoms with van der Waals surface area (Å²) < 4.78 is 1.69. The van der Waals surface area contributed by atoms with Gasteiger partial charge in [0.2, 0.25) is 11.8 Å². The van der Waals surface area contributed by atoms with E-state index in [9.17, 15) is 19.2 Å². The number of hydrogen-bond donors (Lipinski definition) is 1. The van der Waals surface area contributed by atoms with Crippen LogP contribution in [0.5, 0.6) is 0 Å². The van der Waals surface area contributed by atoms with Crippen LogP contribution in [0, 0.1) is 19.3 Å². The Morgan fingerprint density at radius 2 is 1.73 bits per heavy atom. The summed E-state index contributed by atoms with van der Waals surface area (Å²) in [7, 11) is 0. The molecule has 1 N–H and O–H groups in total. The fourth-order valence-electron chi connectivity index (χ4n) is 8.38. The van der Waals surface area contributed by atoms with Crippen LogP contribution in [0.2, 0.25) is 0 Å². The summed E-state index contributed by atoms with van der Waals surface area (Å²) >= 11 is 0. The molecule has 3 aromatic heterocycles. The second-order valence-electron chi connectivity index (χ2n) is 15.3. The fraction of sp³-hybridized carbons (Fsp3) is 0.500. The molecule has 8 rings (SSSR count). The molecule has 3 atom stereocenters. The molecule has 0 unspecified atom stereocenters. The van der Waals surface area contributed by atoms with Gasteiger partial charge in [0.15, 0.2) is 11.6 Å². The molecular formula is C40H45N7O4. The van der Waals surface area contributed by atoms with Gasteiger partial charge in [0.1, 0.15) is 18.1 Å². The lowest BCUT2D eigenvalue weighted by Gasteiger charge is -2.27. The Bertz CT molecular complexity index is 2070. The summed E-state index contributed by atoms with van der Waals surface area (Å²) in [5.41, 5.74) is 6.26. The second kappa shape index (κ2) is 13.1. The first-order valence-corrected chi connectivity index (χ1v) is 18.5. The molecule has 11 nitrogen and oxygen atoms in total. The molecule has 0 spiro atoms. The molecule has 3 fully saturated rings. The Balaban J connectivity index is 1.17. The standard InChI is InChI=1S/C40H45N7O4/c1-23-10-13-31(26-11-12-26)44-32(23)16-34(49)33-17-40-18-35(40)47(33)37(51)21-46-39-27(8-6-4-5-7-9-36(50)43-22-40)14-28(29-19-41-25(3)42-20-29)15-30(39)38(45-46)24(2)48/h10,13-15,19-20,26,33,35H,4-9,11-12,16-18,21-22H2,1-3H3,(H,43,50)/t33-,35+,40-/m0/s1. The zero-order valence-corrected chi connectivity index (χ0v) is 29.7. The average molecular weight is 688 g/mol. The molecule has 2 aliphatic carbocycles. The van der Waals surface area contributed by atoms with Crippen molar-refractivity contribution in [3.05, 3.63) is 70.7 Å². The van der Waals surface area contributed by atoms with Gasteiger partial charge in [0, 0.05) is 66.3 Å². The van der Waals surface area contributed by atoms with Gasteiger partial charge in [0.05, 0.1) is 23.7 Å². The van der Waals surface area contributed by atoms with E-state index in [1.807, 2.05) is 19.9 Å². The third-order valence-corrected chi connectivity index (χ3v) is 11.5. The largest absolute Gasteiger partial charge is 0.355 e. The first-order chi connectivity index (χ1) is 24.6. The number of pyridine rings is 1. The lowest BCUT2D eigenvalue weighted by molar-refractivity contribution is -0.139. The van der Waals surface area contributed by atoms with Crippen molar-refractivity contribution in [3.63, 3.8) is 0 Å². The highest BCUT2D eigenvalue weighted by Crippen LogP contribution is 2.59. The van der Waals surface area contributed by atoms with Gasteiger partial charge in [-0.2, -0.15) is 5.10 Å². The third kappa shape index (κ3) is 6.47. The van der Waals surface area contributed by atoms with Gasteiger partial charge in [-0.3, -0.25) is 28.8 Å². The number of rotatable bonds is 6. The zero-order valence-electron chi connectivity index (χ0n) is 29.7. The van der Waals surface area contributed by atoms with E-state index in [1.165, 1.54) is 6.92 Å². The predicted octanol–water partition coefficient (Wildman–Crippen LogP) is 5.38. The van der Waals surface area contributed by atoms with E-state index in [2.05, 4.69) is 33.5 Å². The maximum absolute atomic E-state index is 14.6. The number of carbonyl (C=O) groups is 4. The molecule has 4 aromatic rings. The van der Waals surface area contributed by atoms with Crippen molar-refractivity contribution in [2.75, 3.05) is 6.54 Å². The molecule has 0 radical (unpaired) electrons. The van der Waals surface area contributed by atoms with Crippen LogP contribution < -0.4 is 5.32 Å². The number of amides is 2. The number of nitrogens with one attached hydrogen (secondary N) is 1. The molecule has 2 aliphatic heterocycles. The molecule has 11 heteroatoms. The maximum atomic E-state index is 14.6. The first kappa shape index (κ1) is 33.3. The number of aromatic nitrogens is 5. The van der Waals surface area contributed by atoms with Crippen molar-refractivity contribution < 1.29 is 19.2 Å². The first-order valence-electron chi connectivity index (χ1n) is 18.5. The number of benzene rings is 1. The van der Waals surface area contributed by atoms with E-state index in [0.717, 1.165) is 84.1 Å². The van der Waals surface area contributed by atoms with Gasteiger partial charge in [-0.1, -0.05) is 18.9 Å². The molecule has 2 saturated carbocycles. The molecule has 2 amide bonds. The van der Waals surface area contributed by atoms with Crippen LogP contribution in [-0.4, -0.2) is 71.6 Å². The predicted molar refractivity (Wildman–Crippen MR) is 191 cm³/mol. The number of aryl methyl sites for hydroxylation is 3. The highest BCUT2D eigenvalue weighted by Gasteiger charge is 2.66. The molecule has 1 aromatic carbocycles. The van der Waals surface area contributed by atoms with Crippen LogP contribution in [-0.2, 0) is 33.8 Å². The van der Waals surface area contributed by atoms with E-state index in [4.69, 9.17) is 10.1 Å². The van der Waals surface area contributed by atoms with Crippen molar-refractivity contribution >= 4 is 34.3 Å². The molecule has 264 valence electrons. The van der Waals surface area contributed by atoms with Crippen LogP contribution >= 0.6 is 0 Å². The molecule has 2 bridgehead atoms. The summed E-state index contributed by atoms with van der Waals surface area (Å²) in [5.74, 6) is 0.754. The number of ketones is 2. The SMILES string of the molecule is CC(=O)c1nn2c3c(cc(-c4cnc(C)nc4)cc13)CCCCCCC(=O)NC[C@@]13C[C@@H](C(=O)Cc4nc(C5CC5)ccc4C)N(C(=O)C2)[C@@H]1C3. The molecule has 1 saturated heterocycles. The minimum atomic E-state index is -0.625. The summed E-state index contributed by atoms with van der Waals surface area (Å²) in [5, 5.41) is 8.63. The Labute approximate surface area is 297 Å². The average Bonchev–Trinajstić information content (AvgIpc) is 4.02. The quantitative estimate of drug-likeness (QED) is 0.267. The molecular weight excluding hydrogens is 642 g/mol. The molecule has 5 heterocycles. The second-order valence-corrected chi connectivity index (χ2v) is 15.3. The number of Topliss-reactive ketones (excluding diaryl/α,β-unsaturated/α-hetero) is 2. The van der Waals surface area contributed by atoms with E-state index in [0.29, 0.717) is 48.6 Å². The lowest BCUT2D eigenvalue weighted by atomic mass is 9.94. The van der Waals surface area contributed by atoms with Crippen LogP contribution in [0.1, 0.15) is 109 Å². The van der Waals surface area contributed by atoms with Crippen molar-refractivity contribution in [1.29, 1.82) is 0 Å². The van der Waals surface area contributed by atoms with E-state index in [1.54, 1.807) is 22.0 Å². The van der Waals surface area contributed by atoms with Gasteiger partial charge in [-0.05, 0) is 93.7 Å². The summed E-state index contributed by atoms with van der Waals surface area (Å²) in [6, 6.07) is 7.39. The van der Waals surface area contributed by atoms with Gasteiger partial charge < -0.3 is 10.2 Å². The van der Waals surface area contributed by atoms with E-state index in [-0.39, 0.29) is 47.8 Å². The highest BCUT2D eigenvalue weighted by molar-refractivity contribution is 6.07. The van der Waals surface area contributed by atoms with Crippen LogP contribution in [0.4, 0.5) is 0 Å². The summed E-state index contributed by atoms with van der Waals surface area (Å²) in [4.78, 5) is 70.2. The Kier molecular flexibility index (Phi) is 8.55. The van der Waals surface area contributed by atoms with Crippen LogP contribution in [0.15, 0.2) is 36.7 Å². The van der Waals surface area contributed by atoms with Crippen LogP contribution in [0.3, 0.4) is 0 Å². The van der Waals surface area contributed by atoms with Crippen molar-refractivity contribution in [1.82, 2.24) is 34.9 Å². The zero-order chi connectivity index (χ0) is 35.4.